The van der Waals surface area contributed by atoms with Crippen LogP contribution in [0.1, 0.15) is 39.2 Å². The Morgan fingerprint density at radius 2 is 1.81 bits per heavy atom. The second kappa shape index (κ2) is 11.2. The number of rotatable bonds is 8. The molecule has 12 heteroatoms. The Morgan fingerprint density at radius 1 is 1.17 bits per heavy atom. The van der Waals surface area contributed by atoms with Crippen molar-refractivity contribution in [2.75, 3.05) is 19.3 Å². The molecule has 1 aliphatic rings. The molecule has 1 aromatic carbocycles. The number of nitrogens with zero attached hydrogens (tertiary/aromatic N) is 3. The van der Waals surface area contributed by atoms with Gasteiger partial charge in [0.1, 0.15) is 18.5 Å². The van der Waals surface area contributed by atoms with Gasteiger partial charge in [-0.15, -0.1) is 0 Å². The van der Waals surface area contributed by atoms with Gasteiger partial charge in [-0.3, -0.25) is 9.59 Å². The van der Waals surface area contributed by atoms with Crippen molar-refractivity contribution in [3.63, 3.8) is 0 Å². The molecule has 1 atom stereocenters. The molecule has 1 aromatic heterocycles. The van der Waals surface area contributed by atoms with E-state index in [1.807, 2.05) is 13.8 Å². The number of piperidine rings is 1. The van der Waals surface area contributed by atoms with Gasteiger partial charge in [-0.25, -0.2) is 22.8 Å². The van der Waals surface area contributed by atoms with Gasteiger partial charge in [0, 0.05) is 39.1 Å². The van der Waals surface area contributed by atoms with Crippen molar-refractivity contribution in [1.29, 1.82) is 0 Å². The van der Waals surface area contributed by atoms with Gasteiger partial charge in [0.15, 0.2) is 21.4 Å². The molecule has 0 spiro atoms. The number of hydrogen-bond donors (Lipinski definition) is 1. The summed E-state index contributed by atoms with van der Waals surface area (Å²) in [5.41, 5.74) is 0.452. The molecular weight excluding hydrogens is 491 g/mol. The van der Waals surface area contributed by atoms with Gasteiger partial charge in [-0.2, -0.15) is 0 Å². The van der Waals surface area contributed by atoms with E-state index in [1.54, 1.807) is 11.8 Å². The second-order valence-electron chi connectivity index (χ2n) is 9.14. The minimum Gasteiger partial charge on any atom is -0.474 e. The summed E-state index contributed by atoms with van der Waals surface area (Å²) in [6.45, 7) is 7.78. The number of likely N-dealkylation sites (tertiary alicyclic amines) is 1. The average Bonchev–Trinajstić information content (AvgIpc) is 2.80. The highest BCUT2D eigenvalue weighted by Crippen LogP contribution is 2.31. The molecule has 0 saturated carbocycles. The molecule has 1 aliphatic heterocycles. The molecule has 36 heavy (non-hydrogen) atoms. The van der Waals surface area contributed by atoms with Crippen molar-refractivity contribution in [3.05, 3.63) is 35.9 Å². The molecule has 2 heterocycles. The number of carbonyl (C=O) groups excluding carboxylic acids is 2. The Bertz CT molecular complexity index is 1230. The molecule has 0 unspecified atom stereocenters. The maximum atomic E-state index is 14.4. The SMILES string of the molecule is CC(=O)N[C@@H](C(=O)N1CCC(Oc2ncnc(Oc3ccc(S(C)(=O)=O)cc3F)c2C)CC1)C(C)C. The zero-order valence-electron chi connectivity index (χ0n) is 20.9. The lowest BCUT2D eigenvalue weighted by molar-refractivity contribution is -0.138. The molecule has 1 saturated heterocycles. The van der Waals surface area contributed by atoms with Crippen molar-refractivity contribution in [3.8, 4) is 17.5 Å². The third-order valence-electron chi connectivity index (χ3n) is 5.85. The number of amides is 2. The van der Waals surface area contributed by atoms with Gasteiger partial charge in [-0.05, 0) is 31.0 Å². The third-order valence-corrected chi connectivity index (χ3v) is 6.96. The monoisotopic (exact) mass is 522 g/mol. The first kappa shape index (κ1) is 27.3. The van der Waals surface area contributed by atoms with Crippen LogP contribution in [0.15, 0.2) is 29.4 Å². The maximum Gasteiger partial charge on any atom is 0.245 e. The first-order valence-electron chi connectivity index (χ1n) is 11.6. The van der Waals surface area contributed by atoms with E-state index < -0.39 is 21.7 Å². The lowest BCUT2D eigenvalue weighted by atomic mass is 10.0. The molecule has 3 rings (SSSR count). The highest BCUT2D eigenvalue weighted by Gasteiger charge is 2.31. The predicted octanol–water partition coefficient (Wildman–Crippen LogP) is 2.65. The maximum absolute atomic E-state index is 14.4. The van der Waals surface area contributed by atoms with Crippen LogP contribution in [0.5, 0.6) is 17.5 Å². The molecule has 10 nitrogen and oxygen atoms in total. The Hall–Kier alpha value is -3.28. The molecular formula is C24H31FN4O6S. The van der Waals surface area contributed by atoms with Crippen molar-refractivity contribution in [1.82, 2.24) is 20.2 Å². The van der Waals surface area contributed by atoms with Crippen LogP contribution in [0.4, 0.5) is 4.39 Å². The van der Waals surface area contributed by atoms with Gasteiger partial charge in [-0.1, -0.05) is 13.8 Å². The van der Waals surface area contributed by atoms with Crippen LogP contribution in [-0.2, 0) is 19.4 Å². The zero-order valence-corrected chi connectivity index (χ0v) is 21.8. The van der Waals surface area contributed by atoms with Crippen molar-refractivity contribution < 1.29 is 31.9 Å². The molecule has 0 bridgehead atoms. The lowest BCUT2D eigenvalue weighted by Crippen LogP contribution is -2.53. The Labute approximate surface area is 210 Å². The Morgan fingerprint density at radius 3 is 2.36 bits per heavy atom. The van der Waals surface area contributed by atoms with Gasteiger partial charge in [0.05, 0.1) is 10.5 Å². The third kappa shape index (κ3) is 6.68. The number of ether oxygens (including phenoxy) is 2. The number of hydrogen-bond acceptors (Lipinski definition) is 8. The summed E-state index contributed by atoms with van der Waals surface area (Å²) in [6.07, 6.45) is 3.15. The van der Waals surface area contributed by atoms with Crippen LogP contribution in [0.25, 0.3) is 0 Å². The number of carbonyl (C=O) groups is 2. The highest BCUT2D eigenvalue weighted by molar-refractivity contribution is 7.90. The molecule has 196 valence electrons. The summed E-state index contributed by atoms with van der Waals surface area (Å²) in [4.78, 5) is 34.2. The van der Waals surface area contributed by atoms with E-state index in [0.29, 0.717) is 31.5 Å². The van der Waals surface area contributed by atoms with Crippen molar-refractivity contribution >= 4 is 21.7 Å². The smallest absolute Gasteiger partial charge is 0.245 e. The van der Waals surface area contributed by atoms with Crippen LogP contribution in [0, 0.1) is 18.7 Å². The Balaban J connectivity index is 1.65. The fraction of sp³-hybridized carbons (Fsp3) is 0.500. The number of nitrogens with one attached hydrogen (secondary N) is 1. The van der Waals surface area contributed by atoms with Crippen LogP contribution >= 0.6 is 0 Å². The van der Waals surface area contributed by atoms with Gasteiger partial charge in [0.2, 0.25) is 23.6 Å². The largest absolute Gasteiger partial charge is 0.474 e. The van der Waals surface area contributed by atoms with E-state index in [9.17, 15) is 22.4 Å². The summed E-state index contributed by atoms with van der Waals surface area (Å²) in [5, 5.41) is 2.73. The van der Waals surface area contributed by atoms with Crippen molar-refractivity contribution in [2.45, 2.75) is 57.6 Å². The highest BCUT2D eigenvalue weighted by atomic mass is 32.2. The molecule has 1 fully saturated rings. The van der Waals surface area contributed by atoms with Crippen molar-refractivity contribution in [2.24, 2.45) is 5.92 Å². The standard InChI is InChI=1S/C24H31FN4O6S/c1-14(2)21(28-16(4)30)24(31)29-10-8-17(9-11-29)34-22-15(3)23(27-13-26-22)35-20-7-6-18(12-19(20)25)36(5,32)33/h6-7,12-14,17,21H,8-11H2,1-5H3,(H,28,30)/t21-/m1/s1. The fourth-order valence-electron chi connectivity index (χ4n) is 3.82. The number of benzene rings is 1. The summed E-state index contributed by atoms with van der Waals surface area (Å²) in [7, 11) is -3.55. The normalized spacial score (nSPS) is 15.5. The molecule has 0 radical (unpaired) electrons. The quantitative estimate of drug-likeness (QED) is 0.561. The minimum atomic E-state index is -3.55. The van der Waals surface area contributed by atoms with Gasteiger partial charge >= 0.3 is 0 Å². The first-order valence-corrected chi connectivity index (χ1v) is 13.5. The van der Waals surface area contributed by atoms with E-state index in [0.717, 1.165) is 12.3 Å². The van der Waals surface area contributed by atoms with Crippen LogP contribution in [0.3, 0.4) is 0 Å². The Kier molecular flexibility index (Phi) is 8.49. The first-order chi connectivity index (χ1) is 16.9. The number of aromatic nitrogens is 2. The van der Waals surface area contributed by atoms with E-state index in [-0.39, 0.29) is 46.2 Å². The van der Waals surface area contributed by atoms with Crippen LogP contribution < -0.4 is 14.8 Å². The predicted molar refractivity (Wildman–Crippen MR) is 129 cm³/mol. The van der Waals surface area contributed by atoms with Crippen LogP contribution in [0.2, 0.25) is 0 Å². The summed E-state index contributed by atoms with van der Waals surface area (Å²) < 4.78 is 49.3. The van der Waals surface area contributed by atoms with Crippen LogP contribution in [-0.4, -0.2) is 66.6 Å². The number of halogens is 1. The summed E-state index contributed by atoms with van der Waals surface area (Å²) in [5.74, 6) is -1.06. The number of sulfone groups is 1. The van der Waals surface area contributed by atoms with E-state index in [4.69, 9.17) is 9.47 Å². The van der Waals surface area contributed by atoms with E-state index in [2.05, 4.69) is 15.3 Å². The minimum absolute atomic E-state index is 0.0372. The lowest BCUT2D eigenvalue weighted by Gasteiger charge is -2.35. The fourth-order valence-corrected chi connectivity index (χ4v) is 4.45. The molecule has 0 aliphatic carbocycles. The topological polar surface area (TPSA) is 128 Å². The van der Waals surface area contributed by atoms with E-state index >= 15 is 0 Å². The summed E-state index contributed by atoms with van der Waals surface area (Å²) in [6, 6.07) is 2.80. The molecule has 2 amide bonds. The second-order valence-corrected chi connectivity index (χ2v) is 11.2. The van der Waals surface area contributed by atoms with Gasteiger partial charge in [0.25, 0.3) is 0 Å². The molecule has 1 N–H and O–H groups in total. The zero-order chi connectivity index (χ0) is 26.6. The van der Waals surface area contributed by atoms with E-state index in [1.165, 1.54) is 25.4 Å². The van der Waals surface area contributed by atoms with Gasteiger partial charge < -0.3 is 19.7 Å². The summed E-state index contributed by atoms with van der Waals surface area (Å²) >= 11 is 0. The average molecular weight is 523 g/mol. The molecule has 2 aromatic rings.